The van der Waals surface area contributed by atoms with E-state index >= 15 is 0 Å². The first-order chi connectivity index (χ1) is 16.4. The number of rotatable bonds is 7. The minimum Gasteiger partial charge on any atom is -0.454 e. The Morgan fingerprint density at radius 2 is 1.40 bits per heavy atom. The van der Waals surface area contributed by atoms with Gasteiger partial charge in [0, 0.05) is 20.0 Å². The van der Waals surface area contributed by atoms with Crippen LogP contribution in [-0.4, -0.2) is 41.2 Å². The molecule has 0 fully saturated rings. The maximum atomic E-state index is 13.4. The Labute approximate surface area is 258 Å². The maximum Gasteiger partial charge on any atom is 0.330 e. The number of para-hydroxylation sites is 1. The van der Waals surface area contributed by atoms with Gasteiger partial charge in [-0.2, -0.15) is 0 Å². The van der Waals surface area contributed by atoms with E-state index in [4.69, 9.17) is 4.74 Å². The molecule has 0 aliphatic carbocycles. The number of nitrogens with one attached hydrogen (secondary N) is 1. The molecule has 0 aromatic heterocycles. The summed E-state index contributed by atoms with van der Waals surface area (Å²) in [5.74, 6) is -2.55. The summed E-state index contributed by atoms with van der Waals surface area (Å²) < 4.78 is 8.45. The molecule has 0 radical (unpaired) electrons. The zero-order valence-corrected chi connectivity index (χ0v) is 27.9. The van der Waals surface area contributed by atoms with Gasteiger partial charge in [-0.1, -0.05) is 45.9 Å². The van der Waals surface area contributed by atoms with Gasteiger partial charge < -0.3 is 10.1 Å². The van der Waals surface area contributed by atoms with Crippen LogP contribution in [0, 0.1) is 20.2 Å². The second-order valence-electron chi connectivity index (χ2n) is 8.57. The lowest BCUT2D eigenvalue weighted by molar-refractivity contribution is -0.152. The number of ether oxygens (including phenoxy) is 1. The van der Waals surface area contributed by atoms with Crippen molar-refractivity contribution in [3.8, 4) is 0 Å². The zero-order valence-electron chi connectivity index (χ0n) is 19.2. The van der Waals surface area contributed by atoms with Crippen molar-refractivity contribution in [1.29, 1.82) is 0 Å². The molecule has 1 aliphatic rings. The highest BCUT2D eigenvalue weighted by molar-refractivity contribution is 14.1. The van der Waals surface area contributed by atoms with Crippen LogP contribution in [0.4, 0.5) is 5.69 Å². The molecular weight excluding hydrogens is 904 g/mol. The second kappa shape index (κ2) is 11.9. The van der Waals surface area contributed by atoms with E-state index in [-0.39, 0.29) is 5.92 Å². The van der Waals surface area contributed by atoms with Gasteiger partial charge in [0.05, 0.1) is 11.1 Å². The summed E-state index contributed by atoms with van der Waals surface area (Å²) in [6, 6.07) is 6.27. The van der Waals surface area contributed by atoms with E-state index in [9.17, 15) is 19.2 Å². The molecule has 1 heterocycles. The van der Waals surface area contributed by atoms with Crippen LogP contribution < -0.4 is 5.32 Å². The van der Waals surface area contributed by atoms with Crippen molar-refractivity contribution in [2.75, 3.05) is 11.9 Å². The van der Waals surface area contributed by atoms with Gasteiger partial charge in [0.2, 0.25) is 0 Å². The van der Waals surface area contributed by atoms with Gasteiger partial charge >= 0.3 is 5.97 Å². The Morgan fingerprint density at radius 1 is 0.886 bits per heavy atom. The molecule has 35 heavy (non-hydrogen) atoms. The van der Waals surface area contributed by atoms with Crippen LogP contribution in [0.25, 0.3) is 0 Å². The van der Waals surface area contributed by atoms with E-state index in [2.05, 4.69) is 95.7 Å². The monoisotopic (exact) mass is 926 g/mol. The molecule has 1 aliphatic heterocycles. The number of anilines is 1. The molecule has 7 nitrogen and oxygen atoms in total. The predicted molar refractivity (Wildman–Crippen MR) is 167 cm³/mol. The summed E-state index contributed by atoms with van der Waals surface area (Å²) in [5.41, 5.74) is 2.24. The molecule has 0 spiro atoms. The summed E-state index contributed by atoms with van der Waals surface area (Å²) in [6.45, 7) is 6.98. The molecular formula is C24H22I4N2O5. The highest BCUT2D eigenvalue weighted by Gasteiger charge is 2.47. The lowest BCUT2D eigenvalue weighted by Gasteiger charge is -2.27. The standard InChI is InChI=1S/C24H22I4N2O5/c1-10(2)12-7-5-6-8-13(12)29-14(31)9-35-24(34)21(11(3)4)30-22(32)15-16(23(30)33)18(26)20(28)19(27)17(15)25/h5-8,10-11,21H,9H2,1-4H3,(H,29,31). The van der Waals surface area contributed by atoms with Crippen LogP contribution >= 0.6 is 90.4 Å². The first kappa shape index (κ1) is 29.0. The number of hydrogen-bond acceptors (Lipinski definition) is 5. The third kappa shape index (κ3) is 5.81. The van der Waals surface area contributed by atoms with E-state index < -0.39 is 42.3 Å². The fourth-order valence-corrected chi connectivity index (χ4v) is 7.47. The number of carbonyl (C=O) groups is 4. The first-order valence-corrected chi connectivity index (χ1v) is 15.0. The number of amides is 3. The van der Waals surface area contributed by atoms with E-state index in [0.29, 0.717) is 24.0 Å². The van der Waals surface area contributed by atoms with Gasteiger partial charge in [-0.15, -0.1) is 0 Å². The Bertz CT molecular complexity index is 1180. The van der Waals surface area contributed by atoms with Crippen LogP contribution in [0.15, 0.2) is 24.3 Å². The van der Waals surface area contributed by atoms with Crippen molar-refractivity contribution in [3.05, 3.63) is 55.2 Å². The van der Waals surface area contributed by atoms with E-state index in [1.807, 2.05) is 32.0 Å². The highest BCUT2D eigenvalue weighted by Crippen LogP contribution is 2.39. The molecule has 2 aromatic carbocycles. The molecule has 2 aromatic rings. The number of halogens is 4. The lowest BCUT2D eigenvalue weighted by Crippen LogP contribution is -2.49. The summed E-state index contributed by atoms with van der Waals surface area (Å²) in [4.78, 5) is 53.4. The molecule has 0 saturated carbocycles. The molecule has 1 N–H and O–H groups in total. The average molecular weight is 926 g/mol. The molecule has 0 saturated heterocycles. The third-order valence-electron chi connectivity index (χ3n) is 5.49. The third-order valence-corrected chi connectivity index (χ3v) is 12.9. The van der Waals surface area contributed by atoms with Crippen molar-refractivity contribution < 1.29 is 23.9 Å². The minimum absolute atomic E-state index is 0.199. The average Bonchev–Trinajstić information content (AvgIpc) is 3.05. The molecule has 0 bridgehead atoms. The molecule has 186 valence electrons. The number of hydrogen-bond donors (Lipinski definition) is 1. The summed E-state index contributed by atoms with van der Waals surface area (Å²) in [5, 5.41) is 2.78. The molecule has 1 unspecified atom stereocenters. The number of esters is 1. The van der Waals surface area contributed by atoms with Gasteiger partial charge in [0.1, 0.15) is 6.04 Å². The van der Waals surface area contributed by atoms with Crippen molar-refractivity contribution in [2.45, 2.75) is 39.7 Å². The lowest BCUT2D eigenvalue weighted by atomic mass is 10.0. The van der Waals surface area contributed by atoms with Crippen molar-refractivity contribution in [1.82, 2.24) is 4.90 Å². The molecule has 3 amide bonds. The Hall–Kier alpha value is -0.560. The van der Waals surface area contributed by atoms with Crippen molar-refractivity contribution in [2.24, 2.45) is 5.92 Å². The van der Waals surface area contributed by atoms with Gasteiger partial charge in [-0.05, 0) is 114 Å². The van der Waals surface area contributed by atoms with Crippen LogP contribution in [0.5, 0.6) is 0 Å². The Kier molecular flexibility index (Phi) is 9.84. The first-order valence-electron chi connectivity index (χ1n) is 10.7. The molecule has 11 heteroatoms. The van der Waals surface area contributed by atoms with Crippen LogP contribution in [-0.2, 0) is 14.3 Å². The largest absolute Gasteiger partial charge is 0.454 e. The van der Waals surface area contributed by atoms with E-state index in [1.54, 1.807) is 19.9 Å². The zero-order chi connectivity index (χ0) is 26.2. The quantitative estimate of drug-likeness (QED) is 0.121. The fourth-order valence-electron chi connectivity index (χ4n) is 3.82. The normalized spacial score (nSPS) is 13.9. The van der Waals surface area contributed by atoms with Gasteiger partial charge in [-0.3, -0.25) is 19.3 Å². The number of carbonyl (C=O) groups excluding carboxylic acids is 4. The van der Waals surface area contributed by atoms with E-state index in [1.165, 1.54) is 0 Å². The fraction of sp³-hybridized carbons (Fsp3) is 0.333. The van der Waals surface area contributed by atoms with Crippen molar-refractivity contribution >= 4 is 120 Å². The molecule has 3 rings (SSSR count). The second-order valence-corrected chi connectivity index (χ2v) is 12.9. The van der Waals surface area contributed by atoms with Gasteiger partial charge in [0.15, 0.2) is 6.61 Å². The van der Waals surface area contributed by atoms with Gasteiger partial charge in [-0.25, -0.2) is 4.79 Å². The van der Waals surface area contributed by atoms with E-state index in [0.717, 1.165) is 17.6 Å². The Balaban J connectivity index is 1.80. The van der Waals surface area contributed by atoms with Crippen LogP contribution in [0.1, 0.15) is 59.9 Å². The number of nitrogens with zero attached hydrogens (tertiary/aromatic N) is 1. The summed E-state index contributed by atoms with van der Waals surface area (Å²) in [7, 11) is 0. The maximum absolute atomic E-state index is 13.4. The highest BCUT2D eigenvalue weighted by atomic mass is 127. The van der Waals surface area contributed by atoms with Gasteiger partial charge in [0.25, 0.3) is 17.7 Å². The van der Waals surface area contributed by atoms with Crippen LogP contribution in [0.2, 0.25) is 0 Å². The summed E-state index contributed by atoms with van der Waals surface area (Å²) >= 11 is 8.44. The SMILES string of the molecule is CC(C)c1ccccc1NC(=O)COC(=O)C(C(C)C)N1C(=O)c2c(I)c(I)c(I)c(I)c2C1=O. The topological polar surface area (TPSA) is 92.8 Å². The molecule has 1 atom stereocenters. The summed E-state index contributed by atoms with van der Waals surface area (Å²) in [6.07, 6.45) is 0. The smallest absolute Gasteiger partial charge is 0.330 e. The number of benzene rings is 2. The predicted octanol–water partition coefficient (Wildman–Crippen LogP) is 6.03. The minimum atomic E-state index is -1.15. The van der Waals surface area contributed by atoms with Crippen LogP contribution in [0.3, 0.4) is 0 Å². The number of fused-ring (bicyclic) bond motifs is 1. The van der Waals surface area contributed by atoms with Crippen molar-refractivity contribution in [3.63, 3.8) is 0 Å². The Morgan fingerprint density at radius 3 is 1.89 bits per heavy atom. The number of imide groups is 1.